The van der Waals surface area contributed by atoms with Crippen LogP contribution in [0.15, 0.2) is 0 Å². The highest BCUT2D eigenvalue weighted by atomic mass is 15.3. The molecular weight excluding hydrogens is 325 g/mol. The van der Waals surface area contributed by atoms with Gasteiger partial charge >= 0.3 is 0 Å². The molecule has 0 saturated carbocycles. The lowest BCUT2D eigenvalue weighted by Gasteiger charge is -2.35. The average Bonchev–Trinajstić information content (AvgIpc) is 2.64. The molecule has 0 bridgehead atoms. The van der Waals surface area contributed by atoms with Crippen molar-refractivity contribution in [2.24, 2.45) is 0 Å². The summed E-state index contributed by atoms with van der Waals surface area (Å²) in [5, 5.41) is 0. The van der Waals surface area contributed by atoms with Crippen molar-refractivity contribution in [2.75, 3.05) is 26.7 Å². The topological polar surface area (TPSA) is 0 Å². The summed E-state index contributed by atoms with van der Waals surface area (Å²) in [5.41, 5.74) is 0. The molecule has 0 unspecified atom stereocenters. The molecule has 0 saturated heterocycles. The number of nitrogens with zero attached hydrogens (tertiary/aromatic N) is 1. The molecule has 0 fully saturated rings. The van der Waals surface area contributed by atoms with Crippen LogP contribution in [0.5, 0.6) is 0 Å². The maximum atomic E-state index is 2.56. The predicted molar refractivity (Wildman–Crippen MR) is 127 cm³/mol. The third kappa shape index (κ3) is 20.6. The number of hydrogen-bond acceptors (Lipinski definition) is 0. The molecule has 0 heterocycles. The summed E-state index contributed by atoms with van der Waals surface area (Å²) in [6.45, 7) is 11.2. The zero-order valence-electron chi connectivity index (χ0n) is 19.9. The van der Waals surface area contributed by atoms with Gasteiger partial charge in [-0.25, -0.2) is 0 Å². The van der Waals surface area contributed by atoms with E-state index >= 15 is 0 Å². The van der Waals surface area contributed by atoms with E-state index in [-0.39, 0.29) is 8.41 Å². The molecule has 0 aromatic heterocycles. The number of unbranched alkanes of at least 4 members (excludes halogenated alkanes) is 15. The molecule has 0 spiro atoms. The highest BCUT2D eigenvalue weighted by Crippen LogP contribution is 2.16. The van der Waals surface area contributed by atoms with Crippen molar-refractivity contribution in [1.29, 1.82) is 0 Å². The van der Waals surface area contributed by atoms with E-state index in [0.29, 0.717) is 0 Å². The summed E-state index contributed by atoms with van der Waals surface area (Å²) in [5.74, 6) is 0. The Labute approximate surface area is 176 Å². The van der Waals surface area contributed by atoms with Gasteiger partial charge in [-0.2, -0.15) is 0 Å². The van der Waals surface area contributed by atoms with Crippen molar-refractivity contribution < 1.29 is 4.48 Å². The van der Waals surface area contributed by atoms with E-state index in [1.807, 2.05) is 0 Å². The fraction of sp³-hybridized carbons (Fsp3) is 1.00. The Balaban J connectivity index is 0. The van der Waals surface area contributed by atoms with E-state index in [1.165, 1.54) is 140 Å². The summed E-state index contributed by atoms with van der Waals surface area (Å²) in [6.07, 6.45) is 25.9. The maximum absolute atomic E-state index is 2.56. The molecular formula is C25H54BN. The minimum Gasteiger partial charge on any atom is -1.00 e. The molecule has 0 aromatic rings. The van der Waals surface area contributed by atoms with E-state index in [2.05, 4.69) is 27.8 Å². The zero-order valence-corrected chi connectivity index (χ0v) is 19.9. The van der Waals surface area contributed by atoms with Gasteiger partial charge in [0.2, 0.25) is 0 Å². The molecule has 0 rings (SSSR count). The van der Waals surface area contributed by atoms with Crippen LogP contribution in [0, 0.1) is 0 Å². The molecule has 0 aliphatic heterocycles. The van der Waals surface area contributed by atoms with E-state index in [4.69, 9.17) is 0 Å². The molecule has 0 atom stereocenters. The van der Waals surface area contributed by atoms with Crippen LogP contribution in [0.3, 0.4) is 0 Å². The van der Waals surface area contributed by atoms with Crippen LogP contribution in [-0.4, -0.2) is 39.6 Å². The normalized spacial score (nSPS) is 11.6. The molecule has 162 valence electrons. The molecule has 4 radical (unpaired) electrons. The van der Waals surface area contributed by atoms with Crippen LogP contribution in [0.4, 0.5) is 0 Å². The van der Waals surface area contributed by atoms with Gasteiger partial charge in [0.25, 0.3) is 0 Å². The van der Waals surface area contributed by atoms with Gasteiger partial charge in [-0.15, -0.1) is 0 Å². The van der Waals surface area contributed by atoms with E-state index in [1.54, 1.807) is 0 Å². The quantitative estimate of drug-likeness (QED) is 0.107. The Kier molecular flexibility index (Phi) is 24.2. The zero-order chi connectivity index (χ0) is 19.3. The SMILES string of the molecule is CCCCCCCC[N+](C)(CCCCCCCC)CCCCCCCC.[B-]. The lowest BCUT2D eigenvalue weighted by atomic mass is 10.1. The Morgan fingerprint density at radius 1 is 0.370 bits per heavy atom. The first-order chi connectivity index (χ1) is 12.7. The standard InChI is InChI=1S/C25H54N.B/c1-5-8-11-14-17-20-23-26(4,24-21-18-15-12-9-6-2)25-22-19-16-13-10-7-3;/h5-25H2,1-4H3;/q+1;-1. The first-order valence-electron chi connectivity index (χ1n) is 12.5. The second kappa shape index (κ2) is 22.3. The lowest BCUT2D eigenvalue weighted by Crippen LogP contribution is -2.46. The monoisotopic (exact) mass is 379 g/mol. The Hall–Kier alpha value is 0.0249. The van der Waals surface area contributed by atoms with Crippen LogP contribution < -0.4 is 0 Å². The Morgan fingerprint density at radius 3 is 0.852 bits per heavy atom. The van der Waals surface area contributed by atoms with Crippen LogP contribution in [0.25, 0.3) is 0 Å². The molecule has 0 amide bonds. The van der Waals surface area contributed by atoms with E-state index in [0.717, 1.165) is 0 Å². The number of quaternary nitrogens is 1. The van der Waals surface area contributed by atoms with Crippen molar-refractivity contribution in [2.45, 2.75) is 136 Å². The molecule has 1 nitrogen and oxygen atoms in total. The fourth-order valence-electron chi connectivity index (χ4n) is 4.16. The minimum absolute atomic E-state index is 0. The van der Waals surface area contributed by atoms with Gasteiger partial charge in [0.15, 0.2) is 0 Å². The second-order valence-electron chi connectivity index (χ2n) is 9.09. The van der Waals surface area contributed by atoms with Crippen molar-refractivity contribution in [3.8, 4) is 0 Å². The van der Waals surface area contributed by atoms with Gasteiger partial charge in [0.05, 0.1) is 26.7 Å². The third-order valence-electron chi connectivity index (χ3n) is 6.15. The van der Waals surface area contributed by atoms with Crippen molar-refractivity contribution in [3.05, 3.63) is 0 Å². The van der Waals surface area contributed by atoms with E-state index in [9.17, 15) is 0 Å². The van der Waals surface area contributed by atoms with Gasteiger partial charge in [0.1, 0.15) is 0 Å². The lowest BCUT2D eigenvalue weighted by molar-refractivity contribution is -0.910. The van der Waals surface area contributed by atoms with Gasteiger partial charge in [0, 0.05) is 0 Å². The summed E-state index contributed by atoms with van der Waals surface area (Å²) in [4.78, 5) is 0. The highest BCUT2D eigenvalue weighted by molar-refractivity contribution is 5.75. The first-order valence-corrected chi connectivity index (χ1v) is 12.5. The van der Waals surface area contributed by atoms with Crippen molar-refractivity contribution in [1.82, 2.24) is 0 Å². The molecule has 2 heteroatoms. The molecule has 0 aliphatic rings. The predicted octanol–water partition coefficient (Wildman–Crippen LogP) is 8.13. The third-order valence-corrected chi connectivity index (χ3v) is 6.15. The summed E-state index contributed by atoms with van der Waals surface area (Å²) >= 11 is 0. The Morgan fingerprint density at radius 2 is 0.593 bits per heavy atom. The van der Waals surface area contributed by atoms with Gasteiger partial charge in [-0.3, -0.25) is 0 Å². The molecule has 0 aliphatic carbocycles. The summed E-state index contributed by atoms with van der Waals surface area (Å²) < 4.78 is 1.36. The smallest absolute Gasteiger partial charge is 0.0784 e. The van der Waals surface area contributed by atoms with Crippen LogP contribution in [0.2, 0.25) is 0 Å². The molecule has 0 aromatic carbocycles. The fourth-order valence-corrected chi connectivity index (χ4v) is 4.16. The highest BCUT2D eigenvalue weighted by Gasteiger charge is 2.20. The van der Waals surface area contributed by atoms with Crippen LogP contribution >= 0.6 is 0 Å². The van der Waals surface area contributed by atoms with Crippen molar-refractivity contribution in [3.63, 3.8) is 0 Å². The number of hydrogen-bond donors (Lipinski definition) is 0. The minimum atomic E-state index is 0. The molecule has 27 heavy (non-hydrogen) atoms. The summed E-state index contributed by atoms with van der Waals surface area (Å²) in [7, 11) is 2.56. The average molecular weight is 380 g/mol. The van der Waals surface area contributed by atoms with Gasteiger partial charge in [-0.1, -0.05) is 97.8 Å². The van der Waals surface area contributed by atoms with E-state index < -0.39 is 0 Å². The van der Waals surface area contributed by atoms with Crippen LogP contribution in [-0.2, 0) is 0 Å². The molecule has 0 N–H and O–H groups in total. The van der Waals surface area contributed by atoms with Crippen LogP contribution in [0.1, 0.15) is 136 Å². The van der Waals surface area contributed by atoms with Crippen molar-refractivity contribution >= 4 is 8.41 Å². The largest absolute Gasteiger partial charge is 1.00 e. The van der Waals surface area contributed by atoms with Gasteiger partial charge < -0.3 is 12.9 Å². The second-order valence-corrected chi connectivity index (χ2v) is 9.09. The first kappa shape index (κ1) is 29.2. The maximum Gasteiger partial charge on any atom is 0.0784 e. The Bertz CT molecular complexity index is 226. The van der Waals surface area contributed by atoms with Gasteiger partial charge in [-0.05, 0) is 38.5 Å². The number of rotatable bonds is 21. The summed E-state index contributed by atoms with van der Waals surface area (Å²) in [6, 6.07) is 0.